The van der Waals surface area contributed by atoms with Crippen LogP contribution in [0.1, 0.15) is 44.3 Å². The molecule has 3 heteroatoms. The van der Waals surface area contributed by atoms with Crippen molar-refractivity contribution in [1.29, 1.82) is 0 Å². The van der Waals surface area contributed by atoms with Crippen molar-refractivity contribution in [3.63, 3.8) is 0 Å². The van der Waals surface area contributed by atoms with Crippen molar-refractivity contribution in [2.45, 2.75) is 51.1 Å². The summed E-state index contributed by atoms with van der Waals surface area (Å²) in [6, 6.07) is 12.7. The summed E-state index contributed by atoms with van der Waals surface area (Å²) in [7, 11) is 0. The Kier molecular flexibility index (Phi) is 5.00. The lowest BCUT2D eigenvalue weighted by Gasteiger charge is -2.11. The standard InChI is InChI=1S/C18H22ClNO/c19-15-7-5-6-14(12-15)18-11-10-17(21-18)13-20-16-8-3-1-2-4-9-16/h5-7,10-12,16,20H,1-4,8-9,13H2/p+1. The molecule has 1 aliphatic rings. The van der Waals surface area contributed by atoms with Gasteiger partial charge in [0.05, 0.1) is 6.04 Å². The van der Waals surface area contributed by atoms with Crippen LogP contribution >= 0.6 is 11.6 Å². The van der Waals surface area contributed by atoms with E-state index in [1.807, 2.05) is 30.3 Å². The van der Waals surface area contributed by atoms with Crippen LogP contribution < -0.4 is 5.32 Å². The maximum absolute atomic E-state index is 6.03. The van der Waals surface area contributed by atoms with Gasteiger partial charge in [0.2, 0.25) is 0 Å². The van der Waals surface area contributed by atoms with Gasteiger partial charge in [0.25, 0.3) is 0 Å². The van der Waals surface area contributed by atoms with Crippen molar-refractivity contribution in [2.24, 2.45) is 0 Å². The van der Waals surface area contributed by atoms with E-state index in [0.717, 1.165) is 34.7 Å². The van der Waals surface area contributed by atoms with Gasteiger partial charge in [0.15, 0.2) is 5.76 Å². The first-order chi connectivity index (χ1) is 10.3. The summed E-state index contributed by atoms with van der Waals surface area (Å²) in [5.41, 5.74) is 1.04. The third-order valence-electron chi connectivity index (χ3n) is 4.32. The van der Waals surface area contributed by atoms with Crippen LogP contribution in [0.5, 0.6) is 0 Å². The van der Waals surface area contributed by atoms with E-state index in [9.17, 15) is 0 Å². The predicted octanol–water partition coefficient (Wildman–Crippen LogP) is 4.39. The smallest absolute Gasteiger partial charge is 0.158 e. The molecule has 1 saturated carbocycles. The Morgan fingerprint density at radius 3 is 2.62 bits per heavy atom. The molecule has 1 heterocycles. The molecular formula is C18H23ClNO+. The zero-order chi connectivity index (χ0) is 14.5. The second-order valence-corrected chi connectivity index (χ2v) is 6.40. The minimum atomic E-state index is 0.746. The fourth-order valence-corrected chi connectivity index (χ4v) is 3.30. The summed E-state index contributed by atoms with van der Waals surface area (Å²) in [5.74, 6) is 1.95. The molecule has 1 fully saturated rings. The van der Waals surface area contributed by atoms with Crippen LogP contribution in [0.4, 0.5) is 0 Å². The molecule has 0 saturated heterocycles. The van der Waals surface area contributed by atoms with E-state index < -0.39 is 0 Å². The fourth-order valence-electron chi connectivity index (χ4n) is 3.11. The van der Waals surface area contributed by atoms with Gasteiger partial charge >= 0.3 is 0 Å². The average Bonchev–Trinajstić information content (AvgIpc) is 2.81. The van der Waals surface area contributed by atoms with Crippen molar-refractivity contribution in [3.8, 4) is 11.3 Å². The molecule has 1 aliphatic carbocycles. The minimum absolute atomic E-state index is 0.746. The number of hydrogen-bond donors (Lipinski definition) is 1. The van der Waals surface area contributed by atoms with Gasteiger partial charge in [-0.3, -0.25) is 0 Å². The molecule has 0 radical (unpaired) electrons. The number of nitrogens with two attached hydrogens (primary N) is 1. The van der Waals surface area contributed by atoms with Gasteiger partial charge in [-0.2, -0.15) is 0 Å². The van der Waals surface area contributed by atoms with Gasteiger partial charge in [-0.05, 0) is 49.9 Å². The molecule has 112 valence electrons. The highest BCUT2D eigenvalue weighted by Crippen LogP contribution is 2.24. The van der Waals surface area contributed by atoms with Gasteiger partial charge in [-0.15, -0.1) is 0 Å². The van der Waals surface area contributed by atoms with Gasteiger partial charge in [0, 0.05) is 10.6 Å². The van der Waals surface area contributed by atoms with E-state index >= 15 is 0 Å². The highest BCUT2D eigenvalue weighted by Gasteiger charge is 2.15. The second-order valence-electron chi connectivity index (χ2n) is 5.97. The van der Waals surface area contributed by atoms with E-state index in [2.05, 4.69) is 11.4 Å². The highest BCUT2D eigenvalue weighted by molar-refractivity contribution is 6.30. The number of benzene rings is 1. The monoisotopic (exact) mass is 304 g/mol. The summed E-state index contributed by atoms with van der Waals surface area (Å²) < 4.78 is 5.96. The fraction of sp³-hybridized carbons (Fsp3) is 0.444. The van der Waals surface area contributed by atoms with E-state index in [4.69, 9.17) is 16.0 Å². The summed E-state index contributed by atoms with van der Waals surface area (Å²) in [6.45, 7) is 0.936. The first-order valence-electron chi connectivity index (χ1n) is 7.99. The van der Waals surface area contributed by atoms with Crippen LogP contribution in [0.15, 0.2) is 40.8 Å². The predicted molar refractivity (Wildman–Crippen MR) is 86.3 cm³/mol. The Bertz CT molecular complexity index is 570. The number of rotatable bonds is 4. The Hall–Kier alpha value is -1.25. The molecule has 2 nitrogen and oxygen atoms in total. The van der Waals surface area contributed by atoms with E-state index in [-0.39, 0.29) is 0 Å². The summed E-state index contributed by atoms with van der Waals surface area (Å²) >= 11 is 6.03. The van der Waals surface area contributed by atoms with Crippen LogP contribution in [0.25, 0.3) is 11.3 Å². The molecule has 1 aromatic heterocycles. The quantitative estimate of drug-likeness (QED) is 0.834. The molecule has 0 aliphatic heterocycles. The van der Waals surface area contributed by atoms with Crippen molar-refractivity contribution >= 4 is 11.6 Å². The SMILES string of the molecule is Clc1cccc(-c2ccc(C[NH2+]C3CCCCCC3)o2)c1. The summed E-state index contributed by atoms with van der Waals surface area (Å²) in [6.07, 6.45) is 8.28. The molecular weight excluding hydrogens is 282 g/mol. The summed E-state index contributed by atoms with van der Waals surface area (Å²) in [4.78, 5) is 0. The molecule has 2 aromatic rings. The van der Waals surface area contributed by atoms with Crippen molar-refractivity contribution in [3.05, 3.63) is 47.2 Å². The molecule has 0 unspecified atom stereocenters. The van der Waals surface area contributed by atoms with Crippen molar-refractivity contribution in [2.75, 3.05) is 0 Å². The highest BCUT2D eigenvalue weighted by atomic mass is 35.5. The lowest BCUT2D eigenvalue weighted by atomic mass is 10.1. The molecule has 0 spiro atoms. The molecule has 1 aromatic carbocycles. The third-order valence-corrected chi connectivity index (χ3v) is 4.56. The van der Waals surface area contributed by atoms with Crippen molar-refractivity contribution < 1.29 is 9.73 Å². The largest absolute Gasteiger partial charge is 0.455 e. The molecule has 2 N–H and O–H groups in total. The van der Waals surface area contributed by atoms with Crippen LogP contribution in [0.3, 0.4) is 0 Å². The summed E-state index contributed by atoms with van der Waals surface area (Å²) in [5, 5.41) is 3.20. The molecule has 0 bridgehead atoms. The first kappa shape index (κ1) is 14.7. The van der Waals surface area contributed by atoms with Crippen LogP contribution in [0.2, 0.25) is 5.02 Å². The zero-order valence-corrected chi connectivity index (χ0v) is 13.1. The van der Waals surface area contributed by atoms with E-state index in [0.29, 0.717) is 0 Å². The Morgan fingerprint density at radius 2 is 1.86 bits per heavy atom. The van der Waals surface area contributed by atoms with Gasteiger partial charge in [-0.1, -0.05) is 36.6 Å². The number of halogens is 1. The molecule has 0 amide bonds. The van der Waals surface area contributed by atoms with Crippen molar-refractivity contribution in [1.82, 2.24) is 0 Å². The van der Waals surface area contributed by atoms with Gasteiger partial charge in [0.1, 0.15) is 12.3 Å². The first-order valence-corrected chi connectivity index (χ1v) is 8.37. The maximum Gasteiger partial charge on any atom is 0.158 e. The lowest BCUT2D eigenvalue weighted by molar-refractivity contribution is -0.707. The maximum atomic E-state index is 6.03. The average molecular weight is 305 g/mol. The molecule has 21 heavy (non-hydrogen) atoms. The van der Waals surface area contributed by atoms with Crippen LogP contribution in [-0.2, 0) is 6.54 Å². The Morgan fingerprint density at radius 1 is 1.05 bits per heavy atom. The second kappa shape index (κ2) is 7.15. The lowest BCUT2D eigenvalue weighted by Crippen LogP contribution is -2.88. The van der Waals surface area contributed by atoms with E-state index in [1.165, 1.54) is 38.5 Å². The van der Waals surface area contributed by atoms with Gasteiger partial charge in [-0.25, -0.2) is 0 Å². The Balaban J connectivity index is 1.60. The zero-order valence-electron chi connectivity index (χ0n) is 12.4. The third kappa shape index (κ3) is 4.12. The Labute approximate surface area is 131 Å². The number of hydrogen-bond acceptors (Lipinski definition) is 1. The van der Waals surface area contributed by atoms with E-state index in [1.54, 1.807) is 0 Å². The molecule has 0 atom stereocenters. The topological polar surface area (TPSA) is 29.8 Å². The van der Waals surface area contributed by atoms with Gasteiger partial charge < -0.3 is 9.73 Å². The minimum Gasteiger partial charge on any atom is -0.455 e. The molecule has 3 rings (SSSR count). The van der Waals surface area contributed by atoms with Crippen LogP contribution in [-0.4, -0.2) is 6.04 Å². The normalized spacial score (nSPS) is 16.8. The van der Waals surface area contributed by atoms with Crippen LogP contribution in [0, 0.1) is 0 Å². The number of furan rings is 1. The number of quaternary nitrogens is 1.